The predicted octanol–water partition coefficient (Wildman–Crippen LogP) is 2.84. The second-order valence-corrected chi connectivity index (χ2v) is 6.87. The minimum Gasteiger partial charge on any atom is -0.421 e. The third-order valence-electron chi connectivity index (χ3n) is 2.00. The molecule has 0 aromatic carbocycles. The van der Waals surface area contributed by atoms with E-state index in [1.54, 1.807) is 13.8 Å². The molecule has 1 atom stereocenters. The summed E-state index contributed by atoms with van der Waals surface area (Å²) in [5, 5.41) is 0. The lowest BCUT2D eigenvalue weighted by Crippen LogP contribution is -2.05. The lowest BCUT2D eigenvalue weighted by atomic mass is 10.2. The average molecular weight is 290 g/mol. The van der Waals surface area contributed by atoms with Gasteiger partial charge in [-0.1, -0.05) is 13.3 Å². The Morgan fingerprint density at radius 3 is 2.50 bits per heavy atom. The molecule has 0 radical (unpaired) electrons. The summed E-state index contributed by atoms with van der Waals surface area (Å²) in [6.07, 6.45) is 5.82. The number of aryl methyl sites for hydroxylation is 1. The van der Waals surface area contributed by atoms with Gasteiger partial charge in [0.05, 0.1) is 18.5 Å². The Bertz CT molecular complexity index is 411. The van der Waals surface area contributed by atoms with Gasteiger partial charge in [0, 0.05) is 18.2 Å². The van der Waals surface area contributed by atoms with E-state index < -0.39 is 6.72 Å². The van der Waals surface area contributed by atoms with E-state index in [1.807, 2.05) is 0 Å². The van der Waals surface area contributed by atoms with Gasteiger partial charge in [0.25, 0.3) is 0 Å². The van der Waals surface area contributed by atoms with Gasteiger partial charge in [0.1, 0.15) is 5.82 Å². The molecule has 7 heteroatoms. The summed E-state index contributed by atoms with van der Waals surface area (Å²) in [7, 11) is 0. The zero-order valence-electron chi connectivity index (χ0n) is 10.9. The molecule has 0 bridgehead atoms. The Kier molecular flexibility index (Phi) is 6.15. The lowest BCUT2D eigenvalue weighted by molar-refractivity contribution is 0.202. The van der Waals surface area contributed by atoms with Gasteiger partial charge < -0.3 is 9.42 Å². The fourth-order valence-corrected chi connectivity index (χ4v) is 2.99. The first kappa shape index (κ1) is 15.5. The highest BCUT2D eigenvalue weighted by molar-refractivity contribution is 8.07. The molecule has 1 N–H and O–H groups in total. The Hall–Kier alpha value is -0.550. The van der Waals surface area contributed by atoms with E-state index in [-0.39, 0.29) is 6.10 Å². The van der Waals surface area contributed by atoms with Crippen molar-refractivity contribution in [1.29, 1.82) is 0 Å². The summed E-state index contributed by atoms with van der Waals surface area (Å²) in [6, 6.07) is 0. The Morgan fingerprint density at radius 1 is 1.39 bits per heavy atom. The molecule has 1 aromatic heterocycles. The van der Waals surface area contributed by atoms with E-state index >= 15 is 0 Å². The van der Waals surface area contributed by atoms with Gasteiger partial charge >= 0.3 is 6.72 Å². The summed E-state index contributed by atoms with van der Waals surface area (Å²) in [5.41, 5.74) is 0. The molecular formula is C11H19N2O3PS. The molecule has 0 spiro atoms. The van der Waals surface area contributed by atoms with Crippen molar-refractivity contribution in [3.05, 3.63) is 18.2 Å². The fourth-order valence-electron chi connectivity index (χ4n) is 1.28. The molecule has 1 rings (SSSR count). The zero-order chi connectivity index (χ0) is 13.6. The molecule has 0 aliphatic heterocycles. The molecular weight excluding hydrogens is 271 g/mol. The highest BCUT2D eigenvalue weighted by Crippen LogP contribution is 2.44. The van der Waals surface area contributed by atoms with Crippen LogP contribution in [0.2, 0.25) is 0 Å². The van der Waals surface area contributed by atoms with E-state index in [9.17, 15) is 4.89 Å². The highest BCUT2D eigenvalue weighted by atomic mass is 32.5. The van der Waals surface area contributed by atoms with Crippen LogP contribution in [0.15, 0.2) is 12.4 Å². The number of hydrogen-bond acceptors (Lipinski definition) is 5. The molecule has 1 unspecified atom stereocenters. The van der Waals surface area contributed by atoms with Gasteiger partial charge in [-0.15, -0.1) is 0 Å². The van der Waals surface area contributed by atoms with E-state index in [4.69, 9.17) is 20.9 Å². The van der Waals surface area contributed by atoms with Crippen molar-refractivity contribution in [2.45, 2.75) is 46.1 Å². The number of hydrogen-bond donors (Lipinski definition) is 1. The molecule has 1 aromatic rings. The van der Waals surface area contributed by atoms with Gasteiger partial charge in [-0.25, -0.2) is 9.97 Å². The first-order valence-electron chi connectivity index (χ1n) is 5.94. The summed E-state index contributed by atoms with van der Waals surface area (Å²) < 4.78 is 10.3. The van der Waals surface area contributed by atoms with Crippen molar-refractivity contribution in [3.8, 4) is 5.75 Å². The Labute approximate surface area is 113 Å². The molecule has 0 saturated heterocycles. The fraction of sp³-hybridized carbons (Fsp3) is 0.636. The minimum absolute atomic E-state index is 0.189. The maximum Gasteiger partial charge on any atom is 0.378 e. The quantitative estimate of drug-likeness (QED) is 0.779. The standard InChI is InChI=1S/C11H19N2O3PS/c1-4-5-6-11-12-7-10(8-13-11)16-17(14,18)15-9(2)3/h7-9H,4-6H2,1-3H3,(H,14,18). The Balaban J connectivity index is 2.60. The molecule has 18 heavy (non-hydrogen) atoms. The second-order valence-electron chi connectivity index (χ2n) is 4.15. The topological polar surface area (TPSA) is 64.5 Å². The monoisotopic (exact) mass is 290 g/mol. The summed E-state index contributed by atoms with van der Waals surface area (Å²) in [5.74, 6) is 1.10. The summed E-state index contributed by atoms with van der Waals surface area (Å²) >= 11 is 4.87. The van der Waals surface area contributed by atoms with Crippen LogP contribution in [0.5, 0.6) is 5.75 Å². The van der Waals surface area contributed by atoms with Crippen molar-refractivity contribution in [2.24, 2.45) is 0 Å². The van der Waals surface area contributed by atoms with Gasteiger partial charge in [-0.3, -0.25) is 4.52 Å². The van der Waals surface area contributed by atoms with Crippen molar-refractivity contribution in [2.75, 3.05) is 0 Å². The smallest absolute Gasteiger partial charge is 0.378 e. The molecule has 1 heterocycles. The molecule has 0 aliphatic carbocycles. The SMILES string of the molecule is CCCCc1ncc(OP(O)(=S)OC(C)C)cn1. The van der Waals surface area contributed by atoms with Crippen LogP contribution in [0.3, 0.4) is 0 Å². The van der Waals surface area contributed by atoms with Crippen LogP contribution in [0, 0.1) is 0 Å². The van der Waals surface area contributed by atoms with E-state index in [0.29, 0.717) is 5.75 Å². The molecule has 0 saturated carbocycles. The molecule has 5 nitrogen and oxygen atoms in total. The molecule has 0 fully saturated rings. The van der Waals surface area contributed by atoms with Gasteiger partial charge in [-0.05, 0) is 20.3 Å². The zero-order valence-corrected chi connectivity index (χ0v) is 12.6. The van der Waals surface area contributed by atoms with E-state index in [1.165, 1.54) is 12.4 Å². The van der Waals surface area contributed by atoms with Crippen LogP contribution in [0.25, 0.3) is 0 Å². The number of rotatable bonds is 7. The van der Waals surface area contributed by atoms with Crippen molar-refractivity contribution in [3.63, 3.8) is 0 Å². The van der Waals surface area contributed by atoms with Crippen LogP contribution in [0.4, 0.5) is 0 Å². The third kappa shape index (κ3) is 5.87. The van der Waals surface area contributed by atoms with E-state index in [0.717, 1.165) is 25.1 Å². The average Bonchev–Trinajstić information content (AvgIpc) is 2.26. The van der Waals surface area contributed by atoms with Gasteiger partial charge in [0.15, 0.2) is 5.75 Å². The van der Waals surface area contributed by atoms with Crippen LogP contribution in [0.1, 0.15) is 39.4 Å². The second kappa shape index (κ2) is 7.14. The molecule has 0 aliphatic rings. The number of unbranched alkanes of at least 4 members (excludes halogenated alkanes) is 1. The first-order valence-corrected chi connectivity index (χ1v) is 8.53. The lowest BCUT2D eigenvalue weighted by Gasteiger charge is -2.18. The maximum atomic E-state index is 9.77. The van der Waals surface area contributed by atoms with Crippen molar-refractivity contribution < 1.29 is 13.9 Å². The molecule has 0 amide bonds. The van der Waals surface area contributed by atoms with Crippen molar-refractivity contribution in [1.82, 2.24) is 9.97 Å². The summed E-state index contributed by atoms with van der Waals surface area (Å²) in [6.45, 7) is 2.43. The predicted molar refractivity (Wildman–Crippen MR) is 74.0 cm³/mol. The number of nitrogens with zero attached hydrogens (tertiary/aromatic N) is 2. The maximum absolute atomic E-state index is 9.77. The van der Waals surface area contributed by atoms with Crippen LogP contribution in [-0.2, 0) is 22.8 Å². The van der Waals surface area contributed by atoms with E-state index in [2.05, 4.69) is 16.9 Å². The highest BCUT2D eigenvalue weighted by Gasteiger charge is 2.19. The third-order valence-corrected chi connectivity index (χ3v) is 3.61. The van der Waals surface area contributed by atoms with Crippen LogP contribution < -0.4 is 4.52 Å². The largest absolute Gasteiger partial charge is 0.421 e. The summed E-state index contributed by atoms with van der Waals surface area (Å²) in [4.78, 5) is 18.1. The first-order chi connectivity index (χ1) is 8.43. The van der Waals surface area contributed by atoms with Gasteiger partial charge in [-0.2, -0.15) is 0 Å². The Morgan fingerprint density at radius 2 is 2.00 bits per heavy atom. The van der Waals surface area contributed by atoms with Gasteiger partial charge in [0.2, 0.25) is 0 Å². The molecule has 102 valence electrons. The van der Waals surface area contributed by atoms with Crippen molar-refractivity contribution >= 4 is 18.5 Å². The normalized spacial score (nSPS) is 14.5. The van der Waals surface area contributed by atoms with Crippen LogP contribution in [-0.4, -0.2) is 21.0 Å². The van der Waals surface area contributed by atoms with Crippen LogP contribution >= 0.6 is 6.72 Å². The minimum atomic E-state index is -3.25. The number of aromatic nitrogens is 2.